The quantitative estimate of drug-likeness (QED) is 0.353. The van der Waals surface area contributed by atoms with Gasteiger partial charge in [-0.1, -0.05) is 66.7 Å². The molecule has 154 valence electrons. The molecule has 0 aliphatic heterocycles. The van der Waals surface area contributed by atoms with E-state index in [0.29, 0.717) is 11.5 Å². The van der Waals surface area contributed by atoms with Crippen molar-refractivity contribution in [3.63, 3.8) is 0 Å². The Kier molecular flexibility index (Phi) is 4.67. The number of benzene rings is 4. The first-order valence-electron chi connectivity index (χ1n) is 10.3. The lowest BCUT2D eigenvalue weighted by Crippen LogP contribution is -2.28. The molecule has 0 N–H and O–H groups in total. The van der Waals surface area contributed by atoms with E-state index in [2.05, 4.69) is 78.9 Å². The Hall–Kier alpha value is -3.72. The number of ether oxygens (including phenoxy) is 3. The van der Waals surface area contributed by atoms with Crippen LogP contribution in [0, 0.1) is 0 Å². The molecule has 0 saturated carbocycles. The van der Waals surface area contributed by atoms with Crippen LogP contribution in [0.15, 0.2) is 91.0 Å². The maximum absolute atomic E-state index is 5.69. The normalized spacial score (nSPS) is 13.3. The van der Waals surface area contributed by atoms with Gasteiger partial charge >= 0.3 is 0 Å². The zero-order chi connectivity index (χ0) is 21.4. The fourth-order valence-electron chi connectivity index (χ4n) is 4.95. The SMILES string of the molecule is COc1cccc(C2(c3ccc(OC)c(OC)c3)c3ccccc3-c3ccccc32)c1. The predicted octanol–water partition coefficient (Wildman–Crippen LogP) is 6.08. The molecule has 0 unspecified atom stereocenters. The number of rotatable bonds is 5. The van der Waals surface area contributed by atoms with E-state index in [1.54, 1.807) is 21.3 Å². The largest absolute Gasteiger partial charge is 0.497 e. The molecule has 0 amide bonds. The molecule has 0 spiro atoms. The lowest BCUT2D eigenvalue weighted by atomic mass is 9.67. The van der Waals surface area contributed by atoms with Gasteiger partial charge in [0.15, 0.2) is 11.5 Å². The van der Waals surface area contributed by atoms with Gasteiger partial charge in [0, 0.05) is 0 Å². The van der Waals surface area contributed by atoms with Crippen molar-refractivity contribution < 1.29 is 14.2 Å². The Morgan fingerprint density at radius 1 is 0.516 bits per heavy atom. The van der Waals surface area contributed by atoms with Gasteiger partial charge in [0.05, 0.1) is 26.7 Å². The summed E-state index contributed by atoms with van der Waals surface area (Å²) in [5.41, 5.74) is 6.76. The summed E-state index contributed by atoms with van der Waals surface area (Å²) in [6.45, 7) is 0. The Balaban J connectivity index is 1.93. The van der Waals surface area contributed by atoms with Crippen LogP contribution < -0.4 is 14.2 Å². The van der Waals surface area contributed by atoms with Gasteiger partial charge in [-0.2, -0.15) is 0 Å². The predicted molar refractivity (Wildman–Crippen MR) is 123 cm³/mol. The van der Waals surface area contributed by atoms with Crippen LogP contribution in [0.4, 0.5) is 0 Å². The van der Waals surface area contributed by atoms with Crippen molar-refractivity contribution in [1.82, 2.24) is 0 Å². The van der Waals surface area contributed by atoms with E-state index in [9.17, 15) is 0 Å². The molecular weight excluding hydrogens is 384 g/mol. The summed E-state index contributed by atoms with van der Waals surface area (Å²) in [4.78, 5) is 0. The molecule has 0 bridgehead atoms. The molecule has 1 aliphatic carbocycles. The third-order valence-electron chi connectivity index (χ3n) is 6.27. The van der Waals surface area contributed by atoms with Crippen LogP contribution in [0.2, 0.25) is 0 Å². The molecule has 0 fully saturated rings. The second-order valence-corrected chi connectivity index (χ2v) is 7.64. The Morgan fingerprint density at radius 2 is 1.13 bits per heavy atom. The molecule has 0 aromatic heterocycles. The monoisotopic (exact) mass is 408 g/mol. The molecule has 0 saturated heterocycles. The van der Waals surface area contributed by atoms with E-state index in [4.69, 9.17) is 14.2 Å². The summed E-state index contributed by atoms with van der Waals surface area (Å²) in [7, 11) is 5.05. The third kappa shape index (κ3) is 2.73. The standard InChI is InChI=1S/C28H24O3/c1-29-21-10-8-9-19(17-21)28(20-15-16-26(30-2)27(18-20)31-3)24-13-6-4-11-22(24)23-12-5-7-14-25(23)28/h4-18H,1-3H3. The van der Waals surface area contributed by atoms with Crippen LogP contribution in [0.3, 0.4) is 0 Å². The van der Waals surface area contributed by atoms with Crippen LogP contribution in [0.25, 0.3) is 11.1 Å². The van der Waals surface area contributed by atoms with Gasteiger partial charge in [0.1, 0.15) is 5.75 Å². The highest BCUT2D eigenvalue weighted by molar-refractivity contribution is 5.86. The Morgan fingerprint density at radius 3 is 1.74 bits per heavy atom. The van der Waals surface area contributed by atoms with Crippen LogP contribution >= 0.6 is 0 Å². The van der Waals surface area contributed by atoms with Gasteiger partial charge in [-0.15, -0.1) is 0 Å². The molecule has 4 aromatic rings. The van der Waals surface area contributed by atoms with E-state index < -0.39 is 5.41 Å². The lowest BCUT2D eigenvalue weighted by Gasteiger charge is -2.34. The van der Waals surface area contributed by atoms with E-state index in [1.807, 2.05) is 12.1 Å². The van der Waals surface area contributed by atoms with Crippen molar-refractivity contribution in [2.75, 3.05) is 21.3 Å². The van der Waals surface area contributed by atoms with Crippen LogP contribution in [0.5, 0.6) is 17.2 Å². The van der Waals surface area contributed by atoms with Crippen molar-refractivity contribution in [2.24, 2.45) is 0 Å². The van der Waals surface area contributed by atoms with Gasteiger partial charge in [0.25, 0.3) is 0 Å². The molecule has 0 atom stereocenters. The van der Waals surface area contributed by atoms with Gasteiger partial charge in [0.2, 0.25) is 0 Å². The van der Waals surface area contributed by atoms with Crippen LogP contribution in [-0.4, -0.2) is 21.3 Å². The zero-order valence-electron chi connectivity index (χ0n) is 17.9. The van der Waals surface area contributed by atoms with E-state index in [0.717, 1.165) is 16.9 Å². The summed E-state index contributed by atoms with van der Waals surface area (Å²) in [6.07, 6.45) is 0. The fraction of sp³-hybridized carbons (Fsp3) is 0.143. The second kappa shape index (κ2) is 7.51. The van der Waals surface area contributed by atoms with Gasteiger partial charge < -0.3 is 14.2 Å². The molecular formula is C28H24O3. The fourth-order valence-corrected chi connectivity index (χ4v) is 4.95. The highest BCUT2D eigenvalue weighted by atomic mass is 16.5. The van der Waals surface area contributed by atoms with E-state index >= 15 is 0 Å². The molecule has 31 heavy (non-hydrogen) atoms. The molecule has 1 aliphatic rings. The van der Waals surface area contributed by atoms with Crippen molar-refractivity contribution in [1.29, 1.82) is 0 Å². The average Bonchev–Trinajstić information content (AvgIpc) is 3.15. The van der Waals surface area contributed by atoms with E-state index in [-0.39, 0.29) is 0 Å². The van der Waals surface area contributed by atoms with Crippen molar-refractivity contribution in [2.45, 2.75) is 5.41 Å². The molecule has 5 rings (SSSR count). The summed E-state index contributed by atoms with van der Waals surface area (Å²) in [5, 5.41) is 0. The second-order valence-electron chi connectivity index (χ2n) is 7.64. The Bertz CT molecular complexity index is 1210. The molecule has 4 aromatic carbocycles. The highest BCUT2D eigenvalue weighted by Gasteiger charge is 2.46. The third-order valence-corrected chi connectivity index (χ3v) is 6.27. The molecule has 3 nitrogen and oxygen atoms in total. The minimum atomic E-state index is -0.499. The molecule has 3 heteroatoms. The first-order valence-corrected chi connectivity index (χ1v) is 10.3. The number of fused-ring (bicyclic) bond motifs is 3. The first kappa shape index (κ1) is 19.3. The van der Waals surface area contributed by atoms with Crippen molar-refractivity contribution >= 4 is 0 Å². The minimum Gasteiger partial charge on any atom is -0.497 e. The summed E-state index contributed by atoms with van der Waals surface area (Å²) in [5.74, 6) is 2.26. The maximum atomic E-state index is 5.69. The smallest absolute Gasteiger partial charge is 0.161 e. The first-order chi connectivity index (χ1) is 15.2. The van der Waals surface area contributed by atoms with Gasteiger partial charge in [-0.25, -0.2) is 0 Å². The minimum absolute atomic E-state index is 0.499. The number of hydrogen-bond acceptors (Lipinski definition) is 3. The van der Waals surface area contributed by atoms with Crippen LogP contribution in [-0.2, 0) is 5.41 Å². The Labute approximate surface area is 182 Å². The average molecular weight is 408 g/mol. The van der Waals surface area contributed by atoms with Crippen LogP contribution in [0.1, 0.15) is 22.3 Å². The summed E-state index contributed by atoms with van der Waals surface area (Å²) in [6, 6.07) is 31.9. The van der Waals surface area contributed by atoms with E-state index in [1.165, 1.54) is 22.3 Å². The summed E-state index contributed by atoms with van der Waals surface area (Å²) >= 11 is 0. The maximum Gasteiger partial charge on any atom is 0.161 e. The van der Waals surface area contributed by atoms with Crippen molar-refractivity contribution in [3.05, 3.63) is 113 Å². The number of hydrogen-bond donors (Lipinski definition) is 0. The highest BCUT2D eigenvalue weighted by Crippen LogP contribution is 2.56. The zero-order valence-corrected chi connectivity index (χ0v) is 17.9. The number of methoxy groups -OCH3 is 3. The summed E-state index contributed by atoms with van der Waals surface area (Å²) < 4.78 is 16.8. The molecule has 0 radical (unpaired) electrons. The van der Waals surface area contributed by atoms with Crippen molar-refractivity contribution in [3.8, 4) is 28.4 Å². The lowest BCUT2D eigenvalue weighted by molar-refractivity contribution is 0.354. The van der Waals surface area contributed by atoms with Gasteiger partial charge in [-0.3, -0.25) is 0 Å². The van der Waals surface area contributed by atoms with Gasteiger partial charge in [-0.05, 0) is 57.6 Å². The molecule has 0 heterocycles. The topological polar surface area (TPSA) is 27.7 Å².